The molecule has 1 saturated carbocycles. The van der Waals surface area contributed by atoms with Crippen molar-refractivity contribution in [3.05, 3.63) is 34.4 Å². The fraction of sp³-hybridized carbons (Fsp3) is 0.600. The van der Waals surface area contributed by atoms with Crippen molar-refractivity contribution in [2.75, 3.05) is 11.9 Å². The first-order valence-corrected chi connectivity index (χ1v) is 7.13. The number of rotatable bonds is 6. The van der Waals surface area contributed by atoms with Gasteiger partial charge in [-0.3, -0.25) is 10.1 Å². The van der Waals surface area contributed by atoms with Crippen LogP contribution in [0.4, 0.5) is 11.4 Å². The predicted octanol–water partition coefficient (Wildman–Crippen LogP) is 3.60. The number of anilines is 1. The second-order valence-corrected chi connectivity index (χ2v) is 5.54. The van der Waals surface area contributed by atoms with Crippen molar-refractivity contribution in [1.82, 2.24) is 0 Å². The summed E-state index contributed by atoms with van der Waals surface area (Å²) in [5.41, 5.74) is 1.01. The Kier molecular flexibility index (Phi) is 4.28. The van der Waals surface area contributed by atoms with E-state index in [-0.39, 0.29) is 22.1 Å². The zero-order valence-corrected chi connectivity index (χ0v) is 12.3. The fourth-order valence-electron chi connectivity index (χ4n) is 2.88. The van der Waals surface area contributed by atoms with Gasteiger partial charge in [0.05, 0.1) is 11.0 Å². The first-order valence-electron chi connectivity index (χ1n) is 7.13. The molecular formula is C15H22N2O3. The molecule has 3 atom stereocenters. The van der Waals surface area contributed by atoms with Gasteiger partial charge in [0.25, 0.3) is 5.69 Å². The van der Waals surface area contributed by atoms with Crippen LogP contribution in [0.25, 0.3) is 0 Å². The minimum absolute atomic E-state index is 0.0840. The van der Waals surface area contributed by atoms with Gasteiger partial charge in [0.1, 0.15) is 0 Å². The Balaban J connectivity index is 2.07. The summed E-state index contributed by atoms with van der Waals surface area (Å²) in [6, 6.07) is 6.98. The number of hydrogen-bond donors (Lipinski definition) is 1. The van der Waals surface area contributed by atoms with E-state index in [4.69, 9.17) is 4.74 Å². The molecule has 1 aromatic carbocycles. The molecule has 0 radical (unpaired) electrons. The molecule has 0 aromatic heterocycles. The van der Waals surface area contributed by atoms with E-state index in [2.05, 4.69) is 19.2 Å². The van der Waals surface area contributed by atoms with Gasteiger partial charge in [0.2, 0.25) is 0 Å². The maximum atomic E-state index is 10.8. The van der Waals surface area contributed by atoms with Crippen molar-refractivity contribution in [2.24, 2.45) is 5.41 Å². The zero-order chi connectivity index (χ0) is 14.8. The molecule has 0 aliphatic heterocycles. The Morgan fingerprint density at radius 1 is 1.50 bits per heavy atom. The fourth-order valence-corrected chi connectivity index (χ4v) is 2.88. The molecule has 0 spiro atoms. The molecule has 5 nitrogen and oxygen atoms in total. The quantitative estimate of drug-likeness (QED) is 0.638. The number of benzene rings is 1. The Morgan fingerprint density at radius 2 is 2.25 bits per heavy atom. The minimum atomic E-state index is -0.367. The Labute approximate surface area is 119 Å². The van der Waals surface area contributed by atoms with Gasteiger partial charge in [-0.25, -0.2) is 0 Å². The van der Waals surface area contributed by atoms with Gasteiger partial charge >= 0.3 is 0 Å². The van der Waals surface area contributed by atoms with E-state index in [1.54, 1.807) is 12.1 Å². The predicted molar refractivity (Wildman–Crippen MR) is 78.9 cm³/mol. The summed E-state index contributed by atoms with van der Waals surface area (Å²) in [4.78, 5) is 10.4. The third-order valence-corrected chi connectivity index (χ3v) is 4.51. The summed E-state index contributed by atoms with van der Waals surface area (Å²) >= 11 is 0. The number of ether oxygens (including phenoxy) is 1. The number of non-ortho nitro benzene ring substituents is 1. The highest BCUT2D eigenvalue weighted by molar-refractivity contribution is 5.52. The first-order chi connectivity index (χ1) is 9.51. The molecular weight excluding hydrogens is 256 g/mol. The summed E-state index contributed by atoms with van der Waals surface area (Å²) < 4.78 is 5.77. The third-order valence-electron chi connectivity index (χ3n) is 4.51. The van der Waals surface area contributed by atoms with Crippen LogP contribution in [-0.2, 0) is 4.74 Å². The van der Waals surface area contributed by atoms with Crippen LogP contribution < -0.4 is 5.32 Å². The van der Waals surface area contributed by atoms with Gasteiger partial charge < -0.3 is 10.1 Å². The van der Waals surface area contributed by atoms with E-state index in [9.17, 15) is 10.1 Å². The highest BCUT2D eigenvalue weighted by Gasteiger charge is 2.51. The number of nitrogens with one attached hydrogen (secondary N) is 1. The highest BCUT2D eigenvalue weighted by Crippen LogP contribution is 2.47. The molecule has 2 rings (SSSR count). The summed E-state index contributed by atoms with van der Waals surface area (Å²) in [6.07, 6.45) is 2.24. The Bertz CT molecular complexity index is 492. The maximum Gasteiger partial charge on any atom is 0.271 e. The number of hydrogen-bond acceptors (Lipinski definition) is 4. The first kappa shape index (κ1) is 14.8. The van der Waals surface area contributed by atoms with Crippen LogP contribution >= 0.6 is 0 Å². The van der Waals surface area contributed by atoms with Gasteiger partial charge in [-0.2, -0.15) is 0 Å². The third kappa shape index (κ3) is 2.63. The molecule has 110 valence electrons. The number of nitro groups is 1. The second-order valence-electron chi connectivity index (χ2n) is 5.54. The summed E-state index contributed by atoms with van der Waals surface area (Å²) in [5, 5.41) is 14.2. The smallest absolute Gasteiger partial charge is 0.271 e. The van der Waals surface area contributed by atoms with Crippen LogP contribution in [0.5, 0.6) is 0 Å². The maximum absolute atomic E-state index is 10.8. The largest absolute Gasteiger partial charge is 0.381 e. The SMILES string of the molecule is CCOC1CC(Nc2cccc([N+](=O)[O-])c2)C1(C)CC. The molecule has 1 N–H and O–H groups in total. The van der Waals surface area contributed by atoms with E-state index in [0.29, 0.717) is 6.04 Å². The lowest BCUT2D eigenvalue weighted by Gasteiger charge is -2.53. The summed E-state index contributed by atoms with van der Waals surface area (Å²) in [5.74, 6) is 0. The Morgan fingerprint density at radius 3 is 2.85 bits per heavy atom. The molecule has 5 heteroatoms. The number of nitrogens with zero attached hydrogens (tertiary/aromatic N) is 1. The van der Waals surface area contributed by atoms with Gasteiger partial charge in [-0.1, -0.05) is 19.9 Å². The molecule has 1 aliphatic carbocycles. The molecule has 1 fully saturated rings. The lowest BCUT2D eigenvalue weighted by Crippen LogP contribution is -2.59. The molecule has 0 bridgehead atoms. The van der Waals surface area contributed by atoms with Crippen molar-refractivity contribution in [1.29, 1.82) is 0 Å². The van der Waals surface area contributed by atoms with Crippen molar-refractivity contribution in [3.8, 4) is 0 Å². The highest BCUT2D eigenvalue weighted by atomic mass is 16.6. The van der Waals surface area contributed by atoms with Crippen molar-refractivity contribution >= 4 is 11.4 Å². The topological polar surface area (TPSA) is 64.4 Å². The lowest BCUT2D eigenvalue weighted by atomic mass is 9.61. The average molecular weight is 278 g/mol. The van der Waals surface area contributed by atoms with Gasteiger partial charge in [0.15, 0.2) is 0 Å². The number of nitro benzene ring substituents is 1. The van der Waals surface area contributed by atoms with E-state index in [1.165, 1.54) is 6.07 Å². The molecule has 1 aromatic rings. The van der Waals surface area contributed by atoms with E-state index < -0.39 is 0 Å². The molecule has 1 aliphatic rings. The Hall–Kier alpha value is -1.62. The van der Waals surface area contributed by atoms with Crippen LogP contribution in [0, 0.1) is 15.5 Å². The average Bonchev–Trinajstić information content (AvgIpc) is 2.45. The molecule has 0 amide bonds. The summed E-state index contributed by atoms with van der Waals surface area (Å²) in [6.45, 7) is 7.11. The molecule has 0 saturated heterocycles. The normalized spacial score (nSPS) is 28.8. The van der Waals surface area contributed by atoms with Crippen LogP contribution in [0.2, 0.25) is 0 Å². The van der Waals surface area contributed by atoms with Gasteiger partial charge in [-0.05, 0) is 25.8 Å². The standard InChI is InChI=1S/C15H22N2O3/c1-4-15(3)13(10-14(15)20-5-2)16-11-7-6-8-12(9-11)17(18)19/h6-9,13-14,16H,4-5,10H2,1-3H3. The van der Waals surface area contributed by atoms with E-state index in [0.717, 1.165) is 25.1 Å². The van der Waals surface area contributed by atoms with Crippen molar-refractivity contribution in [2.45, 2.75) is 45.8 Å². The van der Waals surface area contributed by atoms with Crippen LogP contribution in [0.15, 0.2) is 24.3 Å². The second kappa shape index (κ2) is 5.79. The van der Waals surface area contributed by atoms with Crippen molar-refractivity contribution < 1.29 is 9.66 Å². The van der Waals surface area contributed by atoms with Crippen LogP contribution in [-0.4, -0.2) is 23.7 Å². The lowest BCUT2D eigenvalue weighted by molar-refractivity contribution is -0.384. The van der Waals surface area contributed by atoms with E-state index >= 15 is 0 Å². The van der Waals surface area contributed by atoms with E-state index in [1.807, 2.05) is 13.0 Å². The van der Waals surface area contributed by atoms with Gasteiger partial charge in [0, 0.05) is 35.9 Å². The monoisotopic (exact) mass is 278 g/mol. The van der Waals surface area contributed by atoms with Crippen LogP contribution in [0.1, 0.15) is 33.6 Å². The molecule has 20 heavy (non-hydrogen) atoms. The zero-order valence-electron chi connectivity index (χ0n) is 12.3. The molecule has 0 heterocycles. The molecule has 3 unspecified atom stereocenters. The summed E-state index contributed by atoms with van der Waals surface area (Å²) in [7, 11) is 0. The minimum Gasteiger partial charge on any atom is -0.381 e. The van der Waals surface area contributed by atoms with Gasteiger partial charge in [-0.15, -0.1) is 0 Å². The van der Waals surface area contributed by atoms with Crippen LogP contribution in [0.3, 0.4) is 0 Å². The van der Waals surface area contributed by atoms with Crippen molar-refractivity contribution in [3.63, 3.8) is 0 Å².